The highest BCUT2D eigenvalue weighted by Gasteiger charge is 2.22. The van der Waals surface area contributed by atoms with Gasteiger partial charge in [-0.2, -0.15) is 0 Å². The molecule has 19 heavy (non-hydrogen) atoms. The normalized spacial score (nSPS) is 22.1. The maximum Gasteiger partial charge on any atom is 0.120 e. The van der Waals surface area contributed by atoms with Crippen molar-refractivity contribution in [1.29, 1.82) is 0 Å². The van der Waals surface area contributed by atoms with Gasteiger partial charge in [-0.15, -0.1) is 0 Å². The van der Waals surface area contributed by atoms with Crippen LogP contribution in [0.3, 0.4) is 0 Å². The van der Waals surface area contributed by atoms with E-state index in [-0.39, 0.29) is 0 Å². The van der Waals surface area contributed by atoms with E-state index in [0.29, 0.717) is 11.5 Å². The summed E-state index contributed by atoms with van der Waals surface area (Å²) in [7, 11) is 0. The molecule has 1 atom stereocenters. The van der Waals surface area contributed by atoms with Crippen LogP contribution in [-0.2, 0) is 0 Å². The fraction of sp³-hybridized carbons (Fsp3) is 0.750. The van der Waals surface area contributed by atoms with E-state index in [4.69, 9.17) is 4.42 Å². The average Bonchev–Trinajstić information content (AvgIpc) is 2.83. The standard InChI is InChI=1S/C16H28N2O/c1-14(15-6-4-13-19-15)17-9-12-18-10-5-7-16(2,3)8-11-18/h4,6,13-14,17H,5,7-12H2,1-3H3. The zero-order valence-corrected chi connectivity index (χ0v) is 12.6. The smallest absolute Gasteiger partial charge is 0.120 e. The van der Waals surface area contributed by atoms with Gasteiger partial charge < -0.3 is 14.6 Å². The lowest BCUT2D eigenvalue weighted by molar-refractivity contribution is 0.258. The minimum Gasteiger partial charge on any atom is -0.468 e. The molecule has 3 heteroatoms. The molecule has 1 fully saturated rings. The van der Waals surface area contributed by atoms with Crippen molar-refractivity contribution >= 4 is 0 Å². The Kier molecular flexibility index (Phi) is 5.06. The molecule has 3 nitrogen and oxygen atoms in total. The average molecular weight is 264 g/mol. The lowest BCUT2D eigenvalue weighted by Gasteiger charge is -2.23. The van der Waals surface area contributed by atoms with E-state index in [1.165, 1.54) is 32.4 Å². The zero-order chi connectivity index (χ0) is 13.7. The maximum atomic E-state index is 5.41. The Hall–Kier alpha value is -0.800. The van der Waals surface area contributed by atoms with E-state index in [9.17, 15) is 0 Å². The molecule has 0 spiro atoms. The van der Waals surface area contributed by atoms with Gasteiger partial charge in [-0.1, -0.05) is 13.8 Å². The minimum atomic E-state index is 0.304. The van der Waals surface area contributed by atoms with Gasteiger partial charge in [0.05, 0.1) is 12.3 Å². The van der Waals surface area contributed by atoms with Crippen molar-refractivity contribution in [3.05, 3.63) is 24.2 Å². The second-order valence-electron chi connectivity index (χ2n) is 6.55. The van der Waals surface area contributed by atoms with Crippen molar-refractivity contribution in [2.75, 3.05) is 26.2 Å². The molecule has 1 aliphatic rings. The Bertz CT molecular complexity index is 359. The summed E-state index contributed by atoms with van der Waals surface area (Å²) in [5, 5.41) is 3.54. The van der Waals surface area contributed by atoms with Crippen LogP contribution < -0.4 is 5.32 Å². The zero-order valence-electron chi connectivity index (χ0n) is 12.6. The van der Waals surface area contributed by atoms with Crippen LogP contribution in [0.25, 0.3) is 0 Å². The summed E-state index contributed by atoms with van der Waals surface area (Å²) >= 11 is 0. The molecule has 0 radical (unpaired) electrons. The van der Waals surface area contributed by atoms with Gasteiger partial charge in [0.1, 0.15) is 5.76 Å². The Morgan fingerprint density at radius 3 is 2.95 bits per heavy atom. The van der Waals surface area contributed by atoms with Crippen LogP contribution in [0.1, 0.15) is 51.8 Å². The van der Waals surface area contributed by atoms with E-state index >= 15 is 0 Å². The summed E-state index contributed by atoms with van der Waals surface area (Å²) in [4.78, 5) is 2.59. The fourth-order valence-corrected chi connectivity index (χ4v) is 2.78. The van der Waals surface area contributed by atoms with E-state index in [0.717, 1.165) is 18.8 Å². The molecule has 2 rings (SSSR count). The minimum absolute atomic E-state index is 0.304. The Labute approximate surface area is 117 Å². The van der Waals surface area contributed by atoms with Gasteiger partial charge >= 0.3 is 0 Å². The molecule has 0 aliphatic carbocycles. The highest BCUT2D eigenvalue weighted by Crippen LogP contribution is 2.29. The molecule has 2 heterocycles. The van der Waals surface area contributed by atoms with Crippen LogP contribution in [0.4, 0.5) is 0 Å². The SMILES string of the molecule is CC(NCCN1CCCC(C)(C)CC1)c1ccco1. The Balaban J connectivity index is 1.68. The summed E-state index contributed by atoms with van der Waals surface area (Å²) in [5.41, 5.74) is 0.531. The van der Waals surface area contributed by atoms with Crippen molar-refractivity contribution in [3.63, 3.8) is 0 Å². The predicted molar refractivity (Wildman–Crippen MR) is 79.2 cm³/mol. The molecular formula is C16H28N2O. The second-order valence-corrected chi connectivity index (χ2v) is 6.55. The van der Waals surface area contributed by atoms with Crippen LogP contribution in [0.5, 0.6) is 0 Å². The van der Waals surface area contributed by atoms with Gasteiger partial charge in [-0.05, 0) is 56.8 Å². The molecule has 1 N–H and O–H groups in total. The third kappa shape index (κ3) is 4.66. The van der Waals surface area contributed by atoms with Gasteiger partial charge in [0.2, 0.25) is 0 Å². The summed E-state index contributed by atoms with van der Waals surface area (Å²) in [5.74, 6) is 1.02. The predicted octanol–water partition coefficient (Wildman–Crippen LogP) is 3.44. The van der Waals surface area contributed by atoms with Crippen LogP contribution in [0.15, 0.2) is 22.8 Å². The number of hydrogen-bond acceptors (Lipinski definition) is 3. The molecule has 108 valence electrons. The van der Waals surface area contributed by atoms with E-state index in [2.05, 4.69) is 31.0 Å². The first kappa shape index (κ1) is 14.6. The first-order valence-electron chi connectivity index (χ1n) is 7.56. The molecule has 1 aliphatic heterocycles. The lowest BCUT2D eigenvalue weighted by atomic mass is 9.85. The summed E-state index contributed by atoms with van der Waals surface area (Å²) in [6, 6.07) is 4.29. The van der Waals surface area contributed by atoms with Crippen molar-refractivity contribution in [1.82, 2.24) is 10.2 Å². The van der Waals surface area contributed by atoms with E-state index < -0.39 is 0 Å². The molecule has 1 aromatic heterocycles. The topological polar surface area (TPSA) is 28.4 Å². The highest BCUT2D eigenvalue weighted by atomic mass is 16.3. The van der Waals surface area contributed by atoms with Gasteiger partial charge in [-0.25, -0.2) is 0 Å². The van der Waals surface area contributed by atoms with Crippen LogP contribution in [0, 0.1) is 5.41 Å². The number of nitrogens with zero attached hydrogens (tertiary/aromatic N) is 1. The van der Waals surface area contributed by atoms with Crippen LogP contribution in [0.2, 0.25) is 0 Å². The monoisotopic (exact) mass is 264 g/mol. The third-order valence-electron chi connectivity index (χ3n) is 4.28. The maximum absolute atomic E-state index is 5.41. The van der Waals surface area contributed by atoms with Gasteiger partial charge in [0.25, 0.3) is 0 Å². The molecule has 1 unspecified atom stereocenters. The molecule has 0 saturated carbocycles. The quantitative estimate of drug-likeness (QED) is 0.883. The van der Waals surface area contributed by atoms with Gasteiger partial charge in [0.15, 0.2) is 0 Å². The first-order valence-corrected chi connectivity index (χ1v) is 7.56. The van der Waals surface area contributed by atoms with Crippen LogP contribution in [-0.4, -0.2) is 31.1 Å². The van der Waals surface area contributed by atoms with Crippen molar-refractivity contribution in [3.8, 4) is 0 Å². The molecule has 1 aromatic rings. The molecular weight excluding hydrogens is 236 g/mol. The molecule has 1 saturated heterocycles. The summed E-state index contributed by atoms with van der Waals surface area (Å²) in [6.07, 6.45) is 5.76. The number of nitrogens with one attached hydrogen (secondary N) is 1. The van der Waals surface area contributed by atoms with E-state index in [1.54, 1.807) is 6.26 Å². The Morgan fingerprint density at radius 1 is 1.37 bits per heavy atom. The highest BCUT2D eigenvalue weighted by molar-refractivity contribution is 5.02. The fourth-order valence-electron chi connectivity index (χ4n) is 2.78. The second kappa shape index (κ2) is 6.58. The molecule has 0 amide bonds. The largest absolute Gasteiger partial charge is 0.468 e. The summed E-state index contributed by atoms with van der Waals surface area (Å²) < 4.78 is 5.41. The third-order valence-corrected chi connectivity index (χ3v) is 4.28. The molecule has 0 bridgehead atoms. The van der Waals surface area contributed by atoms with Gasteiger partial charge in [0, 0.05) is 13.1 Å². The number of rotatable bonds is 5. The number of hydrogen-bond donors (Lipinski definition) is 1. The van der Waals surface area contributed by atoms with Crippen molar-refractivity contribution in [2.45, 2.75) is 46.1 Å². The lowest BCUT2D eigenvalue weighted by Crippen LogP contribution is -2.34. The van der Waals surface area contributed by atoms with E-state index in [1.807, 2.05) is 12.1 Å². The number of likely N-dealkylation sites (tertiary alicyclic amines) is 1. The van der Waals surface area contributed by atoms with Gasteiger partial charge in [-0.3, -0.25) is 0 Å². The summed E-state index contributed by atoms with van der Waals surface area (Å²) in [6.45, 7) is 11.6. The Morgan fingerprint density at radius 2 is 2.21 bits per heavy atom. The molecule has 0 aromatic carbocycles. The number of furan rings is 1. The van der Waals surface area contributed by atoms with Crippen molar-refractivity contribution in [2.24, 2.45) is 5.41 Å². The van der Waals surface area contributed by atoms with Crippen molar-refractivity contribution < 1.29 is 4.42 Å². The first-order chi connectivity index (χ1) is 9.07. The van der Waals surface area contributed by atoms with Crippen LogP contribution >= 0.6 is 0 Å².